The summed E-state index contributed by atoms with van der Waals surface area (Å²) in [5.41, 5.74) is 3.13. The number of anilines is 1. The van der Waals surface area contributed by atoms with E-state index in [1.54, 1.807) is 11.3 Å². The summed E-state index contributed by atoms with van der Waals surface area (Å²) in [5, 5.41) is 13.3. The van der Waals surface area contributed by atoms with Crippen LogP contribution in [0.2, 0.25) is 5.02 Å². The lowest BCUT2D eigenvalue weighted by molar-refractivity contribution is 1.10. The van der Waals surface area contributed by atoms with Gasteiger partial charge >= 0.3 is 0 Å². The Labute approximate surface area is 139 Å². The summed E-state index contributed by atoms with van der Waals surface area (Å²) in [6, 6.07) is 10.1. The Kier molecular flexibility index (Phi) is 4.28. The molecule has 6 heteroatoms. The Hall–Kier alpha value is -1.05. The lowest BCUT2D eigenvalue weighted by Gasteiger charge is -2.08. The van der Waals surface area contributed by atoms with Crippen molar-refractivity contribution >= 4 is 51.2 Å². The van der Waals surface area contributed by atoms with Gasteiger partial charge in [-0.15, -0.1) is 11.3 Å². The van der Waals surface area contributed by atoms with Gasteiger partial charge in [0.15, 0.2) is 0 Å². The SMILES string of the molecule is Clc1cc(I)ccc1NCc1cn[nH]c1-c1cccs1. The van der Waals surface area contributed by atoms with Gasteiger partial charge in [-0.25, -0.2) is 0 Å². The second-order valence-corrected chi connectivity index (χ2v) is 6.83. The standard InChI is InChI=1S/C14H11ClIN3S/c15-11-6-10(16)3-4-12(11)17-7-9-8-18-19-14(9)13-2-1-5-20-13/h1-6,8,17H,7H2,(H,18,19). The van der Waals surface area contributed by atoms with Crippen LogP contribution >= 0.6 is 45.5 Å². The molecule has 0 spiro atoms. The number of halogens is 2. The van der Waals surface area contributed by atoms with Crippen molar-refractivity contribution in [2.45, 2.75) is 6.54 Å². The van der Waals surface area contributed by atoms with Gasteiger partial charge < -0.3 is 5.32 Å². The van der Waals surface area contributed by atoms with Gasteiger partial charge in [-0.3, -0.25) is 5.10 Å². The van der Waals surface area contributed by atoms with Crippen LogP contribution in [0.15, 0.2) is 41.9 Å². The maximum absolute atomic E-state index is 6.22. The molecule has 2 aromatic heterocycles. The van der Waals surface area contributed by atoms with Crippen LogP contribution in [0.5, 0.6) is 0 Å². The summed E-state index contributed by atoms with van der Waals surface area (Å²) in [6.07, 6.45) is 1.85. The van der Waals surface area contributed by atoms with Crippen LogP contribution in [0.1, 0.15) is 5.56 Å². The average molecular weight is 416 g/mol. The number of nitrogens with zero attached hydrogens (tertiary/aromatic N) is 1. The third-order valence-corrected chi connectivity index (χ3v) is 4.76. The molecule has 0 fully saturated rings. The first-order valence-electron chi connectivity index (χ1n) is 5.99. The van der Waals surface area contributed by atoms with Gasteiger partial charge in [0.1, 0.15) is 0 Å². The Balaban J connectivity index is 1.78. The van der Waals surface area contributed by atoms with E-state index in [1.807, 2.05) is 30.5 Å². The van der Waals surface area contributed by atoms with Crippen LogP contribution in [0.4, 0.5) is 5.69 Å². The molecule has 3 aromatic rings. The van der Waals surface area contributed by atoms with Crippen molar-refractivity contribution in [2.24, 2.45) is 0 Å². The largest absolute Gasteiger partial charge is 0.380 e. The van der Waals surface area contributed by atoms with E-state index in [2.05, 4.69) is 49.6 Å². The van der Waals surface area contributed by atoms with Crippen LogP contribution in [0.25, 0.3) is 10.6 Å². The summed E-state index contributed by atoms with van der Waals surface area (Å²) in [7, 11) is 0. The van der Waals surface area contributed by atoms with Crippen LogP contribution in [-0.4, -0.2) is 10.2 Å². The summed E-state index contributed by atoms with van der Waals surface area (Å²) in [6.45, 7) is 0.685. The Morgan fingerprint density at radius 1 is 1.35 bits per heavy atom. The molecule has 3 nitrogen and oxygen atoms in total. The summed E-state index contributed by atoms with van der Waals surface area (Å²) in [4.78, 5) is 1.19. The minimum Gasteiger partial charge on any atom is -0.380 e. The van der Waals surface area contributed by atoms with E-state index in [1.165, 1.54) is 4.88 Å². The highest BCUT2D eigenvalue weighted by Gasteiger charge is 2.09. The number of rotatable bonds is 4. The molecule has 0 aliphatic carbocycles. The summed E-state index contributed by atoms with van der Waals surface area (Å²) in [5.74, 6) is 0. The van der Waals surface area contributed by atoms with Crippen LogP contribution < -0.4 is 5.32 Å². The number of H-pyrrole nitrogens is 1. The highest BCUT2D eigenvalue weighted by atomic mass is 127. The van der Waals surface area contributed by atoms with Crippen LogP contribution in [0.3, 0.4) is 0 Å². The molecule has 0 atom stereocenters. The average Bonchev–Trinajstić information content (AvgIpc) is 3.08. The van der Waals surface area contributed by atoms with E-state index >= 15 is 0 Å². The molecule has 0 aliphatic heterocycles. The number of aromatic nitrogens is 2. The molecule has 2 N–H and O–H groups in total. The molecule has 2 heterocycles. The molecule has 102 valence electrons. The fourth-order valence-electron chi connectivity index (χ4n) is 1.90. The number of nitrogens with one attached hydrogen (secondary N) is 2. The zero-order valence-corrected chi connectivity index (χ0v) is 14.1. The van der Waals surface area contributed by atoms with E-state index in [4.69, 9.17) is 11.6 Å². The molecule has 3 rings (SSSR count). The Morgan fingerprint density at radius 3 is 3.00 bits per heavy atom. The van der Waals surface area contributed by atoms with Crippen molar-refractivity contribution in [1.29, 1.82) is 0 Å². The van der Waals surface area contributed by atoms with Crippen molar-refractivity contribution in [3.05, 3.63) is 56.1 Å². The zero-order valence-electron chi connectivity index (χ0n) is 10.4. The lowest BCUT2D eigenvalue weighted by atomic mass is 10.2. The second-order valence-electron chi connectivity index (χ2n) is 4.23. The van der Waals surface area contributed by atoms with Crippen molar-refractivity contribution in [3.8, 4) is 10.6 Å². The smallest absolute Gasteiger partial charge is 0.0799 e. The van der Waals surface area contributed by atoms with E-state index < -0.39 is 0 Å². The number of hydrogen-bond acceptors (Lipinski definition) is 3. The molecule has 0 radical (unpaired) electrons. The van der Waals surface area contributed by atoms with E-state index in [0.29, 0.717) is 6.54 Å². The maximum atomic E-state index is 6.22. The minimum atomic E-state index is 0.685. The third kappa shape index (κ3) is 2.99. The van der Waals surface area contributed by atoms with Gasteiger partial charge in [0.25, 0.3) is 0 Å². The van der Waals surface area contributed by atoms with Gasteiger partial charge in [-0.2, -0.15) is 5.10 Å². The molecule has 0 saturated heterocycles. The van der Waals surface area contributed by atoms with Crippen molar-refractivity contribution in [1.82, 2.24) is 10.2 Å². The highest BCUT2D eigenvalue weighted by molar-refractivity contribution is 14.1. The Morgan fingerprint density at radius 2 is 2.25 bits per heavy atom. The predicted octanol–water partition coefficient (Wildman–Crippen LogP) is 5.01. The normalized spacial score (nSPS) is 10.7. The molecular weight excluding hydrogens is 405 g/mol. The molecule has 0 bridgehead atoms. The molecule has 0 unspecified atom stereocenters. The number of benzene rings is 1. The monoisotopic (exact) mass is 415 g/mol. The molecule has 0 amide bonds. The first-order chi connectivity index (χ1) is 9.74. The molecular formula is C14H11ClIN3S. The van der Waals surface area contributed by atoms with Crippen molar-refractivity contribution in [2.75, 3.05) is 5.32 Å². The van der Waals surface area contributed by atoms with Gasteiger partial charge in [-0.1, -0.05) is 17.7 Å². The second kappa shape index (κ2) is 6.15. The summed E-state index contributed by atoms with van der Waals surface area (Å²) < 4.78 is 1.13. The molecule has 0 aliphatic rings. The first-order valence-corrected chi connectivity index (χ1v) is 8.33. The summed E-state index contributed by atoms with van der Waals surface area (Å²) >= 11 is 10.2. The third-order valence-electron chi connectivity index (χ3n) is 2.89. The maximum Gasteiger partial charge on any atom is 0.0799 e. The van der Waals surface area contributed by atoms with E-state index in [0.717, 1.165) is 25.5 Å². The molecule has 0 saturated carbocycles. The fourth-order valence-corrected chi connectivity index (χ4v) is 3.58. The highest BCUT2D eigenvalue weighted by Crippen LogP contribution is 2.28. The van der Waals surface area contributed by atoms with E-state index in [-0.39, 0.29) is 0 Å². The quantitative estimate of drug-likeness (QED) is 0.588. The van der Waals surface area contributed by atoms with Crippen molar-refractivity contribution in [3.63, 3.8) is 0 Å². The van der Waals surface area contributed by atoms with Gasteiger partial charge in [0, 0.05) is 15.7 Å². The topological polar surface area (TPSA) is 40.7 Å². The first kappa shape index (κ1) is 13.9. The predicted molar refractivity (Wildman–Crippen MR) is 93.4 cm³/mol. The van der Waals surface area contributed by atoms with Crippen LogP contribution in [-0.2, 0) is 6.54 Å². The lowest BCUT2D eigenvalue weighted by Crippen LogP contribution is -2.00. The fraction of sp³-hybridized carbons (Fsp3) is 0.0714. The van der Waals surface area contributed by atoms with Gasteiger partial charge in [-0.05, 0) is 52.2 Å². The van der Waals surface area contributed by atoms with Gasteiger partial charge in [0.05, 0.1) is 27.5 Å². The number of thiophene rings is 1. The number of hydrogen-bond donors (Lipinski definition) is 2. The van der Waals surface area contributed by atoms with Gasteiger partial charge in [0.2, 0.25) is 0 Å². The Bertz CT molecular complexity index is 709. The molecule has 20 heavy (non-hydrogen) atoms. The minimum absolute atomic E-state index is 0.685. The number of aromatic amines is 1. The van der Waals surface area contributed by atoms with E-state index in [9.17, 15) is 0 Å². The molecule has 1 aromatic carbocycles. The van der Waals surface area contributed by atoms with Crippen molar-refractivity contribution < 1.29 is 0 Å². The zero-order chi connectivity index (χ0) is 13.9. The van der Waals surface area contributed by atoms with Crippen LogP contribution in [0, 0.1) is 3.57 Å².